The Hall–Kier alpha value is -0.880. The summed E-state index contributed by atoms with van der Waals surface area (Å²) in [6.07, 6.45) is 1.33. The lowest BCUT2D eigenvalue weighted by Crippen LogP contribution is -2.39. The molecule has 0 spiro atoms. The quantitative estimate of drug-likeness (QED) is 0.642. The highest BCUT2D eigenvalue weighted by molar-refractivity contribution is 7.91. The fourth-order valence-electron chi connectivity index (χ4n) is 1.34. The molecule has 2 aliphatic rings. The second-order valence-electron chi connectivity index (χ2n) is 4.01. The van der Waals surface area contributed by atoms with Crippen molar-refractivity contribution in [1.82, 2.24) is 10.0 Å². The average Bonchev–Trinajstić information content (AvgIpc) is 2.81. The zero-order valence-corrected chi connectivity index (χ0v) is 9.36. The summed E-state index contributed by atoms with van der Waals surface area (Å²) < 4.78 is 25.0. The van der Waals surface area contributed by atoms with E-state index in [0.717, 1.165) is 5.57 Å². The zero-order valence-electron chi connectivity index (χ0n) is 8.54. The second-order valence-corrected chi connectivity index (χ2v) is 5.97. The van der Waals surface area contributed by atoms with Crippen molar-refractivity contribution in [2.75, 3.05) is 13.1 Å². The minimum Gasteiger partial charge on any atom is -0.309 e. The Labute approximate surface area is 89.0 Å². The molecule has 15 heavy (non-hydrogen) atoms. The van der Waals surface area contributed by atoms with Crippen molar-refractivity contribution in [2.45, 2.75) is 25.0 Å². The second kappa shape index (κ2) is 3.61. The molecule has 1 aliphatic carbocycles. The Morgan fingerprint density at radius 3 is 2.40 bits per heavy atom. The van der Waals surface area contributed by atoms with Crippen molar-refractivity contribution in [3.63, 3.8) is 0 Å². The van der Waals surface area contributed by atoms with Crippen LogP contribution in [0.5, 0.6) is 0 Å². The Kier molecular flexibility index (Phi) is 2.56. The van der Waals surface area contributed by atoms with Gasteiger partial charge in [-0.15, -0.1) is 0 Å². The lowest BCUT2D eigenvalue weighted by atomic mass is 10.0. The highest BCUT2D eigenvalue weighted by atomic mass is 32.2. The first kappa shape index (κ1) is 10.6. The standard InChI is InChI=1S/C9H14N2O3S/c1-6(7-4-10-5-7)9(12)11-15(13,14)8-2-3-8/h8,10H,2-5H2,1H3,(H,11,12). The summed E-state index contributed by atoms with van der Waals surface area (Å²) in [6, 6.07) is 0. The van der Waals surface area contributed by atoms with Crippen LogP contribution in [0, 0.1) is 0 Å². The maximum absolute atomic E-state index is 11.5. The summed E-state index contributed by atoms with van der Waals surface area (Å²) in [5.41, 5.74) is 1.51. The average molecular weight is 230 g/mol. The number of rotatable bonds is 3. The van der Waals surface area contributed by atoms with E-state index >= 15 is 0 Å². The molecule has 5 nitrogen and oxygen atoms in total. The normalized spacial score (nSPS) is 20.7. The Morgan fingerprint density at radius 2 is 2.00 bits per heavy atom. The van der Waals surface area contributed by atoms with Crippen LogP contribution in [0.2, 0.25) is 0 Å². The van der Waals surface area contributed by atoms with E-state index in [1.807, 2.05) is 0 Å². The van der Waals surface area contributed by atoms with E-state index in [2.05, 4.69) is 10.0 Å². The van der Waals surface area contributed by atoms with Gasteiger partial charge in [-0.25, -0.2) is 13.1 Å². The number of amides is 1. The van der Waals surface area contributed by atoms with E-state index in [1.165, 1.54) is 0 Å². The van der Waals surface area contributed by atoms with E-state index in [4.69, 9.17) is 0 Å². The molecule has 1 saturated heterocycles. The van der Waals surface area contributed by atoms with Crippen molar-refractivity contribution in [2.24, 2.45) is 0 Å². The van der Waals surface area contributed by atoms with Crippen molar-refractivity contribution in [3.8, 4) is 0 Å². The minimum atomic E-state index is -3.40. The first-order valence-corrected chi connectivity index (χ1v) is 6.50. The molecule has 1 heterocycles. The van der Waals surface area contributed by atoms with Crippen LogP contribution in [0.3, 0.4) is 0 Å². The zero-order chi connectivity index (χ0) is 11.1. The van der Waals surface area contributed by atoms with Crippen molar-refractivity contribution >= 4 is 15.9 Å². The summed E-state index contributed by atoms with van der Waals surface area (Å²) in [4.78, 5) is 11.5. The third kappa shape index (κ3) is 2.21. The van der Waals surface area contributed by atoms with E-state index in [-0.39, 0.29) is 5.25 Å². The number of sulfonamides is 1. The topological polar surface area (TPSA) is 75.3 Å². The molecular formula is C9H14N2O3S. The van der Waals surface area contributed by atoms with E-state index in [1.54, 1.807) is 6.92 Å². The van der Waals surface area contributed by atoms with Gasteiger partial charge in [-0.1, -0.05) is 0 Å². The predicted molar refractivity (Wildman–Crippen MR) is 55.7 cm³/mol. The fraction of sp³-hybridized carbons (Fsp3) is 0.667. The smallest absolute Gasteiger partial charge is 0.260 e. The predicted octanol–water partition coefficient (Wildman–Crippen LogP) is -0.485. The maximum atomic E-state index is 11.5. The first-order valence-electron chi connectivity index (χ1n) is 4.96. The molecule has 6 heteroatoms. The first-order chi connectivity index (χ1) is 7.00. The monoisotopic (exact) mass is 230 g/mol. The number of hydrogen-bond donors (Lipinski definition) is 2. The largest absolute Gasteiger partial charge is 0.309 e. The number of hydrogen-bond acceptors (Lipinski definition) is 4. The van der Waals surface area contributed by atoms with Crippen LogP contribution in [0.1, 0.15) is 19.8 Å². The molecule has 0 radical (unpaired) electrons. The van der Waals surface area contributed by atoms with Gasteiger partial charge in [-0.05, 0) is 25.3 Å². The van der Waals surface area contributed by atoms with Crippen LogP contribution in [0.4, 0.5) is 0 Å². The Morgan fingerprint density at radius 1 is 1.40 bits per heavy atom. The molecule has 0 aromatic rings. The van der Waals surface area contributed by atoms with Crippen LogP contribution in [-0.2, 0) is 14.8 Å². The molecular weight excluding hydrogens is 216 g/mol. The fourth-order valence-corrected chi connectivity index (χ4v) is 2.68. The van der Waals surface area contributed by atoms with Crippen LogP contribution < -0.4 is 10.0 Å². The summed E-state index contributed by atoms with van der Waals surface area (Å²) >= 11 is 0. The molecule has 2 fully saturated rings. The van der Waals surface area contributed by atoms with Gasteiger partial charge in [0.2, 0.25) is 10.0 Å². The molecule has 0 aromatic carbocycles. The SMILES string of the molecule is CC(C(=O)NS(=O)(=O)C1CC1)=C1CNC1. The summed E-state index contributed by atoms with van der Waals surface area (Å²) in [5, 5.41) is 2.66. The van der Waals surface area contributed by atoms with E-state index < -0.39 is 15.9 Å². The van der Waals surface area contributed by atoms with Gasteiger partial charge >= 0.3 is 0 Å². The van der Waals surface area contributed by atoms with Crippen LogP contribution in [0.25, 0.3) is 0 Å². The molecule has 0 unspecified atom stereocenters. The van der Waals surface area contributed by atoms with E-state index in [0.29, 0.717) is 31.5 Å². The lowest BCUT2D eigenvalue weighted by Gasteiger charge is -2.21. The molecule has 2 N–H and O–H groups in total. The van der Waals surface area contributed by atoms with E-state index in [9.17, 15) is 13.2 Å². The van der Waals surface area contributed by atoms with Gasteiger partial charge in [0.1, 0.15) is 0 Å². The number of carbonyl (C=O) groups is 1. The van der Waals surface area contributed by atoms with Gasteiger partial charge in [-0.3, -0.25) is 4.79 Å². The molecule has 1 amide bonds. The van der Waals surface area contributed by atoms with Gasteiger partial charge in [0.15, 0.2) is 0 Å². The van der Waals surface area contributed by atoms with Gasteiger partial charge in [0, 0.05) is 18.7 Å². The van der Waals surface area contributed by atoms with Crippen molar-refractivity contribution in [1.29, 1.82) is 0 Å². The summed E-state index contributed by atoms with van der Waals surface area (Å²) in [7, 11) is -3.40. The molecule has 1 aliphatic heterocycles. The Bertz CT molecular complexity index is 415. The van der Waals surface area contributed by atoms with Crippen LogP contribution >= 0.6 is 0 Å². The molecule has 0 aromatic heterocycles. The minimum absolute atomic E-state index is 0.348. The highest BCUT2D eigenvalue weighted by Gasteiger charge is 2.37. The summed E-state index contributed by atoms with van der Waals surface area (Å²) in [6.45, 7) is 3.03. The van der Waals surface area contributed by atoms with Crippen LogP contribution in [-0.4, -0.2) is 32.7 Å². The van der Waals surface area contributed by atoms with Gasteiger partial charge in [0.05, 0.1) is 5.25 Å². The Balaban J connectivity index is 2.03. The van der Waals surface area contributed by atoms with Gasteiger partial charge in [0.25, 0.3) is 5.91 Å². The number of nitrogens with one attached hydrogen (secondary N) is 2. The van der Waals surface area contributed by atoms with Crippen molar-refractivity contribution < 1.29 is 13.2 Å². The maximum Gasteiger partial charge on any atom is 0.260 e. The summed E-state index contributed by atoms with van der Waals surface area (Å²) in [5.74, 6) is -0.474. The third-order valence-corrected chi connectivity index (χ3v) is 4.56. The van der Waals surface area contributed by atoms with Gasteiger partial charge in [-0.2, -0.15) is 0 Å². The van der Waals surface area contributed by atoms with Gasteiger partial charge < -0.3 is 5.32 Å². The van der Waals surface area contributed by atoms with Crippen molar-refractivity contribution in [3.05, 3.63) is 11.1 Å². The lowest BCUT2D eigenvalue weighted by molar-refractivity contribution is -0.115. The molecule has 1 saturated carbocycles. The molecule has 2 rings (SSSR count). The molecule has 0 atom stereocenters. The highest BCUT2D eigenvalue weighted by Crippen LogP contribution is 2.27. The third-order valence-electron chi connectivity index (χ3n) is 2.75. The van der Waals surface area contributed by atoms with Crippen LogP contribution in [0.15, 0.2) is 11.1 Å². The molecule has 84 valence electrons. The number of carbonyl (C=O) groups excluding carboxylic acids is 1. The molecule has 0 bridgehead atoms.